The maximum absolute atomic E-state index is 13.8. The minimum Gasteiger partial charge on any atom is -0.292 e. The largest absolute Gasteiger partial charge is 0.292 e. The zero-order valence-corrected chi connectivity index (χ0v) is 11.2. The molecule has 0 N–H and O–H groups in total. The van der Waals surface area contributed by atoms with Crippen LogP contribution in [0, 0.1) is 28.8 Å². The molecule has 0 heterocycles. The van der Waals surface area contributed by atoms with Gasteiger partial charge < -0.3 is 0 Å². The molecular formula is C15H7ClF3NO. The topological polar surface area (TPSA) is 40.9 Å². The molecule has 2 aromatic rings. The summed E-state index contributed by atoms with van der Waals surface area (Å²) >= 11 is 5.81. The van der Waals surface area contributed by atoms with E-state index in [9.17, 15) is 18.0 Å². The predicted molar refractivity (Wildman–Crippen MR) is 70.5 cm³/mol. The fourth-order valence-corrected chi connectivity index (χ4v) is 2.18. The van der Waals surface area contributed by atoms with Crippen molar-refractivity contribution in [1.29, 1.82) is 5.26 Å². The first-order valence-electron chi connectivity index (χ1n) is 5.78. The Hall–Kier alpha value is -2.32. The van der Waals surface area contributed by atoms with E-state index in [0.717, 1.165) is 18.2 Å². The minimum atomic E-state index is -1.58. The van der Waals surface area contributed by atoms with Crippen LogP contribution in [0.2, 0.25) is 5.02 Å². The smallest absolute Gasteiger partial charge is 0.184 e. The molecule has 6 heteroatoms. The lowest BCUT2D eigenvalue weighted by atomic mass is 9.91. The van der Waals surface area contributed by atoms with Gasteiger partial charge in [-0.3, -0.25) is 4.79 Å². The first kappa shape index (κ1) is 15.1. The number of rotatable bonds is 3. The van der Waals surface area contributed by atoms with Crippen molar-refractivity contribution in [3.05, 3.63) is 70.0 Å². The van der Waals surface area contributed by atoms with Gasteiger partial charge in [0.1, 0.15) is 23.4 Å². The second-order valence-corrected chi connectivity index (χ2v) is 4.63. The van der Waals surface area contributed by atoms with Crippen molar-refractivity contribution in [3.8, 4) is 6.07 Å². The highest BCUT2D eigenvalue weighted by Gasteiger charge is 2.27. The number of benzene rings is 2. The maximum atomic E-state index is 13.8. The lowest BCUT2D eigenvalue weighted by Gasteiger charge is -2.11. The molecular weight excluding hydrogens is 303 g/mol. The number of halogens is 4. The van der Waals surface area contributed by atoms with Crippen LogP contribution in [0.3, 0.4) is 0 Å². The maximum Gasteiger partial charge on any atom is 0.184 e. The zero-order valence-electron chi connectivity index (χ0n) is 10.4. The minimum absolute atomic E-state index is 0.105. The summed E-state index contributed by atoms with van der Waals surface area (Å²) in [7, 11) is 0. The molecule has 0 radical (unpaired) electrons. The Balaban J connectivity index is 2.52. The highest BCUT2D eigenvalue weighted by Crippen LogP contribution is 2.30. The lowest BCUT2D eigenvalue weighted by Crippen LogP contribution is -2.14. The van der Waals surface area contributed by atoms with Crippen LogP contribution >= 0.6 is 11.6 Å². The number of ketones is 1. The van der Waals surface area contributed by atoms with E-state index in [-0.39, 0.29) is 16.1 Å². The van der Waals surface area contributed by atoms with Gasteiger partial charge in [0, 0.05) is 22.2 Å². The molecule has 0 aliphatic rings. The van der Waals surface area contributed by atoms with E-state index in [0.29, 0.717) is 6.07 Å². The molecule has 21 heavy (non-hydrogen) atoms. The number of Topliss-reactive ketones (excluding diaryl/α,β-unsaturated/α-hetero) is 1. The number of hydrogen-bond donors (Lipinski definition) is 0. The molecule has 0 aromatic heterocycles. The summed E-state index contributed by atoms with van der Waals surface area (Å²) in [6.07, 6.45) is 0. The lowest BCUT2D eigenvalue weighted by molar-refractivity contribution is 0.0976. The third-order valence-electron chi connectivity index (χ3n) is 2.83. The Labute approximate surface area is 123 Å². The molecule has 0 saturated heterocycles. The average molecular weight is 310 g/mol. The molecule has 1 unspecified atom stereocenters. The van der Waals surface area contributed by atoms with E-state index in [4.69, 9.17) is 16.9 Å². The Morgan fingerprint density at radius 3 is 2.29 bits per heavy atom. The highest BCUT2D eigenvalue weighted by atomic mass is 35.5. The third kappa shape index (κ3) is 3.06. The van der Waals surface area contributed by atoms with Gasteiger partial charge in [-0.15, -0.1) is 0 Å². The van der Waals surface area contributed by atoms with Crippen LogP contribution < -0.4 is 0 Å². The van der Waals surface area contributed by atoms with Crippen molar-refractivity contribution in [1.82, 2.24) is 0 Å². The van der Waals surface area contributed by atoms with E-state index < -0.39 is 29.2 Å². The average Bonchev–Trinajstić information content (AvgIpc) is 2.41. The molecule has 0 saturated carbocycles. The predicted octanol–water partition coefficient (Wildman–Crippen LogP) is 4.25. The van der Waals surface area contributed by atoms with Crippen molar-refractivity contribution in [3.63, 3.8) is 0 Å². The first-order chi connectivity index (χ1) is 9.93. The zero-order chi connectivity index (χ0) is 15.6. The number of carbonyl (C=O) groups excluding carboxylic acids is 1. The van der Waals surface area contributed by atoms with Crippen LogP contribution in [-0.4, -0.2) is 5.78 Å². The van der Waals surface area contributed by atoms with E-state index in [1.54, 1.807) is 6.07 Å². The molecule has 0 amide bonds. The number of nitriles is 1. The van der Waals surface area contributed by atoms with Crippen molar-refractivity contribution in [2.45, 2.75) is 5.92 Å². The molecule has 2 rings (SSSR count). The van der Waals surface area contributed by atoms with E-state index in [1.807, 2.05) is 0 Å². The summed E-state index contributed by atoms with van der Waals surface area (Å²) in [4.78, 5) is 12.2. The van der Waals surface area contributed by atoms with Crippen LogP contribution in [-0.2, 0) is 0 Å². The van der Waals surface area contributed by atoms with Gasteiger partial charge >= 0.3 is 0 Å². The van der Waals surface area contributed by atoms with Crippen LogP contribution in [0.25, 0.3) is 0 Å². The molecule has 2 aromatic carbocycles. The van der Waals surface area contributed by atoms with Crippen molar-refractivity contribution in [2.75, 3.05) is 0 Å². The van der Waals surface area contributed by atoms with Crippen LogP contribution in [0.5, 0.6) is 0 Å². The Bertz CT molecular complexity index is 715. The van der Waals surface area contributed by atoms with Gasteiger partial charge in [0.05, 0.1) is 6.07 Å². The Morgan fingerprint density at radius 2 is 1.76 bits per heavy atom. The third-order valence-corrected chi connectivity index (χ3v) is 3.16. The molecule has 0 aliphatic carbocycles. The number of nitrogens with zero attached hydrogens (tertiary/aromatic N) is 1. The standard InChI is InChI=1S/C15H7ClF3NO/c16-12-2-1-3-13(19)14(12)11(7-20)15(21)8-4-9(17)6-10(18)5-8/h1-6,11H. The first-order valence-corrected chi connectivity index (χ1v) is 6.15. The molecule has 106 valence electrons. The van der Waals surface area contributed by atoms with Gasteiger partial charge in [0.25, 0.3) is 0 Å². The second-order valence-electron chi connectivity index (χ2n) is 4.22. The molecule has 0 aliphatic heterocycles. The number of hydrogen-bond acceptors (Lipinski definition) is 2. The van der Waals surface area contributed by atoms with Crippen molar-refractivity contribution in [2.24, 2.45) is 0 Å². The molecule has 2 nitrogen and oxygen atoms in total. The van der Waals surface area contributed by atoms with Crippen molar-refractivity contribution < 1.29 is 18.0 Å². The summed E-state index contributed by atoms with van der Waals surface area (Å²) in [5.41, 5.74) is -0.672. The van der Waals surface area contributed by atoms with Gasteiger partial charge in [0.15, 0.2) is 5.78 Å². The van der Waals surface area contributed by atoms with Gasteiger partial charge in [-0.05, 0) is 24.3 Å². The SMILES string of the molecule is N#CC(C(=O)c1cc(F)cc(F)c1)c1c(F)cccc1Cl. The summed E-state index contributed by atoms with van der Waals surface area (Å²) in [5, 5.41) is 9.01. The summed E-state index contributed by atoms with van der Waals surface area (Å²) < 4.78 is 40.1. The molecule has 0 spiro atoms. The van der Waals surface area contributed by atoms with E-state index in [2.05, 4.69) is 0 Å². The fourth-order valence-electron chi connectivity index (χ4n) is 1.90. The monoisotopic (exact) mass is 309 g/mol. The normalized spacial score (nSPS) is 11.8. The summed E-state index contributed by atoms with van der Waals surface area (Å²) in [6.45, 7) is 0. The van der Waals surface area contributed by atoms with E-state index in [1.165, 1.54) is 12.1 Å². The van der Waals surface area contributed by atoms with Crippen LogP contribution in [0.4, 0.5) is 13.2 Å². The fraction of sp³-hybridized carbons (Fsp3) is 0.0667. The molecule has 1 atom stereocenters. The van der Waals surface area contributed by atoms with Crippen LogP contribution in [0.1, 0.15) is 21.8 Å². The Morgan fingerprint density at radius 1 is 1.14 bits per heavy atom. The summed E-state index contributed by atoms with van der Waals surface area (Å²) in [6, 6.07) is 7.47. The summed E-state index contributed by atoms with van der Waals surface area (Å²) in [5.74, 6) is -5.27. The van der Waals surface area contributed by atoms with Crippen molar-refractivity contribution >= 4 is 17.4 Å². The molecule has 0 bridgehead atoms. The highest BCUT2D eigenvalue weighted by molar-refractivity contribution is 6.31. The van der Waals surface area contributed by atoms with Gasteiger partial charge in [-0.2, -0.15) is 5.26 Å². The van der Waals surface area contributed by atoms with Gasteiger partial charge in [-0.1, -0.05) is 17.7 Å². The van der Waals surface area contributed by atoms with Gasteiger partial charge in [-0.25, -0.2) is 13.2 Å². The van der Waals surface area contributed by atoms with Crippen LogP contribution in [0.15, 0.2) is 36.4 Å². The van der Waals surface area contributed by atoms with Gasteiger partial charge in [0.2, 0.25) is 0 Å². The second kappa shape index (κ2) is 5.98. The number of carbonyl (C=O) groups is 1. The molecule has 0 fully saturated rings. The van der Waals surface area contributed by atoms with E-state index >= 15 is 0 Å². The quantitative estimate of drug-likeness (QED) is 0.795. The Kier molecular flexibility index (Phi) is 4.29.